The minimum atomic E-state index is -0.450. The van der Waals surface area contributed by atoms with Gasteiger partial charge in [0.25, 0.3) is 5.91 Å². The van der Waals surface area contributed by atoms with Crippen LogP contribution in [0.15, 0.2) is 78.9 Å². The van der Waals surface area contributed by atoms with Crippen molar-refractivity contribution < 1.29 is 14.3 Å². The zero-order chi connectivity index (χ0) is 23.9. The molecule has 0 radical (unpaired) electrons. The van der Waals surface area contributed by atoms with Crippen LogP contribution in [0, 0.1) is 0 Å². The van der Waals surface area contributed by atoms with Crippen molar-refractivity contribution >= 4 is 29.1 Å². The van der Waals surface area contributed by atoms with Crippen LogP contribution in [0.25, 0.3) is 0 Å². The fourth-order valence-corrected chi connectivity index (χ4v) is 4.37. The van der Waals surface area contributed by atoms with Crippen molar-refractivity contribution in [1.29, 1.82) is 0 Å². The third-order valence-electron chi connectivity index (χ3n) is 6.06. The lowest BCUT2D eigenvalue weighted by atomic mass is 10.0. The summed E-state index contributed by atoms with van der Waals surface area (Å²) in [6.07, 6.45) is 0.180. The monoisotopic (exact) mass is 477 g/mol. The van der Waals surface area contributed by atoms with Crippen LogP contribution in [0.4, 0.5) is 5.69 Å². The molecule has 1 aliphatic rings. The molecule has 2 amide bonds. The van der Waals surface area contributed by atoms with Gasteiger partial charge in [-0.15, -0.1) is 0 Å². The summed E-state index contributed by atoms with van der Waals surface area (Å²) in [6.45, 7) is 2.72. The molecule has 0 spiro atoms. The van der Waals surface area contributed by atoms with Gasteiger partial charge in [-0.25, -0.2) is 0 Å². The Kier molecular flexibility index (Phi) is 7.70. The standard InChI is InChI=1S/C27H28ClN3O3/c1-34-22-11-7-10-21(18-22)30-14-16-31(17-15-30)26(32)19-25(20-8-3-2-4-9-20)29-27(33)23-12-5-6-13-24(23)28/h2-13,18,25H,14-17,19H2,1H3,(H,29,33). The molecule has 1 atom stereocenters. The van der Waals surface area contributed by atoms with Crippen molar-refractivity contribution in [3.8, 4) is 5.75 Å². The number of hydrogen-bond donors (Lipinski definition) is 1. The lowest BCUT2D eigenvalue weighted by molar-refractivity contribution is -0.132. The highest BCUT2D eigenvalue weighted by atomic mass is 35.5. The first-order valence-electron chi connectivity index (χ1n) is 11.3. The van der Waals surface area contributed by atoms with Crippen LogP contribution in [0.2, 0.25) is 5.02 Å². The number of rotatable bonds is 7. The third kappa shape index (κ3) is 5.69. The summed E-state index contributed by atoms with van der Waals surface area (Å²) in [5, 5.41) is 3.39. The second kappa shape index (κ2) is 11.1. The smallest absolute Gasteiger partial charge is 0.253 e. The van der Waals surface area contributed by atoms with Crippen molar-refractivity contribution in [3.05, 3.63) is 95.0 Å². The van der Waals surface area contributed by atoms with E-state index in [9.17, 15) is 9.59 Å². The van der Waals surface area contributed by atoms with Crippen molar-refractivity contribution in [1.82, 2.24) is 10.2 Å². The molecule has 0 aromatic heterocycles. The van der Waals surface area contributed by atoms with Crippen LogP contribution in [-0.2, 0) is 4.79 Å². The van der Waals surface area contributed by atoms with Gasteiger partial charge in [-0.3, -0.25) is 9.59 Å². The number of methoxy groups -OCH3 is 1. The van der Waals surface area contributed by atoms with Crippen molar-refractivity contribution in [2.75, 3.05) is 38.2 Å². The molecule has 1 N–H and O–H groups in total. The van der Waals surface area contributed by atoms with E-state index in [1.54, 1.807) is 31.4 Å². The Morgan fingerprint density at radius 3 is 2.35 bits per heavy atom. The number of benzene rings is 3. The molecule has 1 heterocycles. The molecule has 7 heteroatoms. The van der Waals surface area contributed by atoms with Crippen LogP contribution < -0.4 is 15.0 Å². The number of piperazine rings is 1. The Bertz CT molecular complexity index is 1130. The van der Waals surface area contributed by atoms with Crippen molar-refractivity contribution in [2.45, 2.75) is 12.5 Å². The van der Waals surface area contributed by atoms with E-state index in [4.69, 9.17) is 16.3 Å². The van der Waals surface area contributed by atoms with Gasteiger partial charge < -0.3 is 19.9 Å². The average Bonchev–Trinajstić information content (AvgIpc) is 2.89. The van der Waals surface area contributed by atoms with Crippen molar-refractivity contribution in [3.63, 3.8) is 0 Å². The molecule has 0 bridgehead atoms. The summed E-state index contributed by atoms with van der Waals surface area (Å²) >= 11 is 6.21. The highest BCUT2D eigenvalue weighted by Crippen LogP contribution is 2.24. The Labute approximate surface area is 205 Å². The van der Waals surface area contributed by atoms with Gasteiger partial charge in [0, 0.05) is 37.9 Å². The first-order chi connectivity index (χ1) is 16.5. The van der Waals surface area contributed by atoms with E-state index in [0.29, 0.717) is 23.7 Å². The molecule has 1 fully saturated rings. The highest BCUT2D eigenvalue weighted by molar-refractivity contribution is 6.33. The minimum absolute atomic E-state index is 0.0126. The molecule has 1 saturated heterocycles. The maximum absolute atomic E-state index is 13.2. The van der Waals surface area contributed by atoms with Crippen LogP contribution in [-0.4, -0.2) is 50.0 Å². The molecular formula is C27H28ClN3O3. The fourth-order valence-electron chi connectivity index (χ4n) is 4.14. The largest absolute Gasteiger partial charge is 0.497 e. The van der Waals surface area contributed by atoms with Gasteiger partial charge in [-0.1, -0.05) is 60.1 Å². The number of carbonyl (C=O) groups excluding carboxylic acids is 2. The molecule has 6 nitrogen and oxygen atoms in total. The molecule has 176 valence electrons. The summed E-state index contributed by atoms with van der Waals surface area (Å²) in [4.78, 5) is 30.3. The van der Waals surface area contributed by atoms with Crippen molar-refractivity contribution in [2.24, 2.45) is 0 Å². The first kappa shape index (κ1) is 23.6. The number of ether oxygens (including phenoxy) is 1. The molecule has 3 aromatic carbocycles. The van der Waals surface area contributed by atoms with E-state index < -0.39 is 6.04 Å². The normalized spacial score (nSPS) is 14.4. The summed E-state index contributed by atoms with van der Waals surface area (Å²) in [7, 11) is 1.66. The van der Waals surface area contributed by atoms with Gasteiger partial charge in [0.1, 0.15) is 5.75 Å². The fraction of sp³-hybridized carbons (Fsp3) is 0.259. The quantitative estimate of drug-likeness (QED) is 0.542. The molecule has 0 aliphatic carbocycles. The van der Waals surface area contributed by atoms with Gasteiger partial charge >= 0.3 is 0 Å². The van der Waals surface area contributed by atoms with E-state index >= 15 is 0 Å². The zero-order valence-corrected chi connectivity index (χ0v) is 19.9. The summed E-state index contributed by atoms with van der Waals surface area (Å²) in [5.41, 5.74) is 2.36. The summed E-state index contributed by atoms with van der Waals surface area (Å²) in [5.74, 6) is 0.532. The Morgan fingerprint density at radius 1 is 0.941 bits per heavy atom. The molecule has 1 unspecified atom stereocenters. The van der Waals surface area contributed by atoms with E-state index in [-0.39, 0.29) is 18.2 Å². The van der Waals surface area contributed by atoms with Crippen LogP contribution in [0.5, 0.6) is 5.75 Å². The van der Waals surface area contributed by atoms with E-state index in [1.165, 1.54) is 0 Å². The molecule has 3 aromatic rings. The van der Waals surface area contributed by atoms with Crippen LogP contribution in [0.3, 0.4) is 0 Å². The van der Waals surface area contributed by atoms with Gasteiger partial charge in [0.15, 0.2) is 0 Å². The molecule has 34 heavy (non-hydrogen) atoms. The third-order valence-corrected chi connectivity index (χ3v) is 6.38. The average molecular weight is 478 g/mol. The Morgan fingerprint density at radius 2 is 1.65 bits per heavy atom. The molecule has 4 rings (SSSR count). The second-order valence-electron chi connectivity index (χ2n) is 8.19. The summed E-state index contributed by atoms with van der Waals surface area (Å²) in [6, 6.07) is 24.0. The molecule has 0 saturated carbocycles. The Hall–Kier alpha value is -3.51. The predicted molar refractivity (Wildman–Crippen MR) is 135 cm³/mol. The zero-order valence-electron chi connectivity index (χ0n) is 19.1. The second-order valence-corrected chi connectivity index (χ2v) is 8.60. The number of hydrogen-bond acceptors (Lipinski definition) is 4. The number of amides is 2. The number of nitrogens with one attached hydrogen (secondary N) is 1. The number of nitrogens with zero attached hydrogens (tertiary/aromatic N) is 2. The number of carbonyl (C=O) groups is 2. The van der Waals surface area contributed by atoms with Gasteiger partial charge in [0.05, 0.1) is 30.2 Å². The van der Waals surface area contributed by atoms with E-state index in [2.05, 4.69) is 16.3 Å². The maximum atomic E-state index is 13.2. The molecular weight excluding hydrogens is 450 g/mol. The lowest BCUT2D eigenvalue weighted by Crippen LogP contribution is -2.49. The predicted octanol–water partition coefficient (Wildman–Crippen LogP) is 4.56. The maximum Gasteiger partial charge on any atom is 0.253 e. The Balaban J connectivity index is 1.42. The molecule has 1 aliphatic heterocycles. The first-order valence-corrected chi connectivity index (χ1v) is 11.7. The summed E-state index contributed by atoms with van der Waals surface area (Å²) < 4.78 is 5.33. The van der Waals surface area contributed by atoms with Gasteiger partial charge in [-0.2, -0.15) is 0 Å². The SMILES string of the molecule is COc1cccc(N2CCN(C(=O)CC(NC(=O)c3ccccc3Cl)c3ccccc3)CC2)c1. The topological polar surface area (TPSA) is 61.9 Å². The number of anilines is 1. The van der Waals surface area contributed by atoms with Crippen LogP contribution >= 0.6 is 11.6 Å². The lowest BCUT2D eigenvalue weighted by Gasteiger charge is -2.37. The van der Waals surface area contributed by atoms with Gasteiger partial charge in [0.2, 0.25) is 5.91 Å². The minimum Gasteiger partial charge on any atom is -0.497 e. The number of halogens is 1. The highest BCUT2D eigenvalue weighted by Gasteiger charge is 2.26. The van der Waals surface area contributed by atoms with Crippen LogP contribution in [0.1, 0.15) is 28.4 Å². The van der Waals surface area contributed by atoms with E-state index in [0.717, 1.165) is 30.1 Å². The van der Waals surface area contributed by atoms with E-state index in [1.807, 2.05) is 53.4 Å². The van der Waals surface area contributed by atoms with Gasteiger partial charge in [-0.05, 0) is 29.8 Å².